The van der Waals surface area contributed by atoms with Gasteiger partial charge in [0.05, 0.1) is 4.92 Å². The first kappa shape index (κ1) is 21.7. The van der Waals surface area contributed by atoms with Crippen molar-refractivity contribution in [2.45, 2.75) is 23.5 Å². The van der Waals surface area contributed by atoms with Crippen LogP contribution >= 0.6 is 11.3 Å². The van der Waals surface area contributed by atoms with E-state index >= 15 is 0 Å². The molecule has 2 aromatic rings. The van der Waals surface area contributed by atoms with Crippen LogP contribution in [0.1, 0.15) is 29.6 Å². The quantitative estimate of drug-likeness (QED) is 0.498. The van der Waals surface area contributed by atoms with Gasteiger partial charge in [0.1, 0.15) is 9.90 Å². The van der Waals surface area contributed by atoms with Crippen molar-refractivity contribution in [3.63, 3.8) is 0 Å². The van der Waals surface area contributed by atoms with Gasteiger partial charge in [-0.1, -0.05) is 6.07 Å². The molecule has 1 amide bonds. The third-order valence-corrected chi connectivity index (χ3v) is 9.00. The third-order valence-electron chi connectivity index (χ3n) is 5.73. The maximum absolute atomic E-state index is 13.0. The number of carbonyl (C=O) groups excluding carboxylic acids is 1. The Morgan fingerprint density at radius 3 is 2.32 bits per heavy atom. The Labute approximate surface area is 185 Å². The van der Waals surface area contributed by atoms with Crippen LogP contribution in [-0.4, -0.2) is 67.7 Å². The summed E-state index contributed by atoms with van der Waals surface area (Å²) in [5, 5.41) is 13.4. The van der Waals surface area contributed by atoms with Gasteiger partial charge in [-0.05, 0) is 42.8 Å². The molecule has 9 nitrogen and oxygen atoms in total. The van der Waals surface area contributed by atoms with Gasteiger partial charge in [0.2, 0.25) is 0 Å². The monoisotopic (exact) mass is 464 g/mol. The molecule has 0 spiro atoms. The van der Waals surface area contributed by atoms with Gasteiger partial charge in [-0.2, -0.15) is 4.31 Å². The summed E-state index contributed by atoms with van der Waals surface area (Å²) in [6, 6.07) is 7.90. The van der Waals surface area contributed by atoms with Crippen LogP contribution < -0.4 is 4.90 Å². The molecule has 0 radical (unpaired) electrons. The molecule has 11 heteroatoms. The van der Waals surface area contributed by atoms with Crippen molar-refractivity contribution >= 4 is 38.6 Å². The molecule has 2 aliphatic heterocycles. The summed E-state index contributed by atoms with van der Waals surface area (Å²) in [5.41, 5.74) is 0.738. The zero-order chi connectivity index (χ0) is 22.0. The lowest BCUT2D eigenvalue weighted by Gasteiger charge is -2.34. The molecule has 0 N–H and O–H groups in total. The number of nitro benzene ring substituents is 1. The number of sulfonamides is 1. The number of piperazine rings is 1. The molecule has 2 fully saturated rings. The van der Waals surface area contributed by atoms with Crippen LogP contribution in [0.3, 0.4) is 0 Å². The number of rotatable bonds is 5. The maximum atomic E-state index is 13.0. The van der Waals surface area contributed by atoms with Gasteiger partial charge in [0.25, 0.3) is 21.6 Å². The first-order chi connectivity index (χ1) is 14.9. The fraction of sp³-hybridized carbons (Fsp3) is 0.450. The maximum Gasteiger partial charge on any atom is 0.293 e. The summed E-state index contributed by atoms with van der Waals surface area (Å²) in [6.07, 6.45) is 3.11. The summed E-state index contributed by atoms with van der Waals surface area (Å²) >= 11 is 1.17. The Morgan fingerprint density at radius 1 is 1.00 bits per heavy atom. The van der Waals surface area contributed by atoms with E-state index in [1.54, 1.807) is 34.5 Å². The first-order valence-corrected chi connectivity index (χ1v) is 12.6. The van der Waals surface area contributed by atoms with E-state index in [1.807, 2.05) is 4.90 Å². The number of hydrogen-bond donors (Lipinski definition) is 0. The Morgan fingerprint density at radius 2 is 1.71 bits per heavy atom. The van der Waals surface area contributed by atoms with Gasteiger partial charge < -0.3 is 9.80 Å². The van der Waals surface area contributed by atoms with E-state index < -0.39 is 14.9 Å². The van der Waals surface area contributed by atoms with Crippen molar-refractivity contribution < 1.29 is 18.1 Å². The SMILES string of the molecule is O=C(c1ccc(N2CCCCC2)c([N+](=O)[O-])c1)N1CCN(S(=O)(=O)c2cccs2)CC1. The fourth-order valence-corrected chi connectivity index (χ4v) is 6.62. The molecule has 2 aliphatic rings. The average molecular weight is 465 g/mol. The second-order valence-corrected chi connectivity index (χ2v) is 10.7. The Bertz CT molecular complexity index is 1060. The van der Waals surface area contributed by atoms with Crippen LogP contribution in [0, 0.1) is 10.1 Å². The van der Waals surface area contributed by atoms with E-state index in [0.29, 0.717) is 5.69 Å². The minimum atomic E-state index is -3.55. The fourth-order valence-electron chi connectivity index (χ4n) is 4.06. The normalized spacial score (nSPS) is 18.2. The van der Waals surface area contributed by atoms with E-state index in [-0.39, 0.29) is 47.5 Å². The van der Waals surface area contributed by atoms with E-state index in [4.69, 9.17) is 0 Å². The third kappa shape index (κ3) is 4.43. The van der Waals surface area contributed by atoms with Gasteiger partial charge >= 0.3 is 0 Å². The molecule has 0 bridgehead atoms. The largest absolute Gasteiger partial charge is 0.366 e. The van der Waals surface area contributed by atoms with Crippen LogP contribution in [0.5, 0.6) is 0 Å². The molecule has 0 atom stereocenters. The molecule has 1 aromatic heterocycles. The second-order valence-electron chi connectivity index (χ2n) is 7.64. The average Bonchev–Trinajstić information content (AvgIpc) is 3.35. The second kappa shape index (κ2) is 8.93. The van der Waals surface area contributed by atoms with Crippen molar-refractivity contribution in [2.75, 3.05) is 44.2 Å². The van der Waals surface area contributed by atoms with E-state index in [9.17, 15) is 23.3 Å². The highest BCUT2D eigenvalue weighted by atomic mass is 32.2. The molecule has 3 heterocycles. The highest BCUT2D eigenvalue weighted by Gasteiger charge is 2.32. The van der Waals surface area contributed by atoms with Crippen molar-refractivity contribution in [1.82, 2.24) is 9.21 Å². The summed E-state index contributed by atoms with van der Waals surface area (Å²) in [7, 11) is -3.55. The lowest BCUT2D eigenvalue weighted by molar-refractivity contribution is -0.384. The predicted octanol–water partition coefficient (Wildman–Crippen LogP) is 2.79. The number of nitro groups is 1. The number of hydrogen-bond acceptors (Lipinski definition) is 7. The molecular weight excluding hydrogens is 440 g/mol. The number of benzene rings is 1. The Hall–Kier alpha value is -2.50. The number of carbonyl (C=O) groups is 1. The van der Waals surface area contributed by atoms with Crippen LogP contribution in [0.2, 0.25) is 0 Å². The minimum absolute atomic E-state index is 0.0633. The summed E-state index contributed by atoms with van der Waals surface area (Å²) in [5.74, 6) is -0.318. The molecular formula is C20H24N4O5S2. The van der Waals surface area contributed by atoms with Crippen molar-refractivity contribution in [1.29, 1.82) is 0 Å². The molecule has 1 aromatic carbocycles. The molecule has 2 saturated heterocycles. The summed E-state index contributed by atoms with van der Waals surface area (Å²) in [6.45, 7) is 2.42. The number of piperidine rings is 1. The van der Waals surface area contributed by atoms with Gasteiger partial charge in [-0.15, -0.1) is 11.3 Å². The van der Waals surface area contributed by atoms with Crippen LogP contribution in [0.15, 0.2) is 39.9 Å². The van der Waals surface area contributed by atoms with Gasteiger partial charge in [0, 0.05) is 50.9 Å². The smallest absolute Gasteiger partial charge is 0.293 e. The zero-order valence-corrected chi connectivity index (χ0v) is 18.6. The minimum Gasteiger partial charge on any atom is -0.366 e. The molecule has 0 aliphatic carbocycles. The number of nitrogens with zero attached hydrogens (tertiary/aromatic N) is 4. The summed E-state index contributed by atoms with van der Waals surface area (Å²) in [4.78, 5) is 27.8. The lowest BCUT2D eigenvalue weighted by Crippen LogP contribution is -2.50. The number of anilines is 1. The Kier molecular flexibility index (Phi) is 6.26. The van der Waals surface area contributed by atoms with Crippen molar-refractivity contribution in [3.05, 3.63) is 51.4 Å². The Balaban J connectivity index is 1.47. The number of thiophene rings is 1. The van der Waals surface area contributed by atoms with Crippen molar-refractivity contribution in [2.24, 2.45) is 0 Å². The standard InChI is InChI=1S/C20H24N4O5S2/c25-20(22-10-12-23(13-11-22)31(28,29)19-5-4-14-30-19)16-6-7-17(18(15-16)24(26)27)21-8-2-1-3-9-21/h4-7,14-15H,1-3,8-13H2. The van der Waals surface area contributed by atoms with Crippen LogP contribution in [0.4, 0.5) is 11.4 Å². The highest BCUT2D eigenvalue weighted by Crippen LogP contribution is 2.32. The van der Waals surface area contributed by atoms with Gasteiger partial charge in [0.15, 0.2) is 0 Å². The topological polar surface area (TPSA) is 104 Å². The molecule has 0 saturated carbocycles. The van der Waals surface area contributed by atoms with Crippen LogP contribution in [0.25, 0.3) is 0 Å². The lowest BCUT2D eigenvalue weighted by atomic mass is 10.1. The first-order valence-electron chi connectivity index (χ1n) is 10.2. The molecule has 4 rings (SSSR count). The predicted molar refractivity (Wildman–Crippen MR) is 118 cm³/mol. The van der Waals surface area contributed by atoms with E-state index in [0.717, 1.165) is 32.4 Å². The number of amides is 1. The van der Waals surface area contributed by atoms with Gasteiger partial charge in [-0.3, -0.25) is 14.9 Å². The molecule has 166 valence electrons. The van der Waals surface area contributed by atoms with Crippen LogP contribution in [-0.2, 0) is 10.0 Å². The highest BCUT2D eigenvalue weighted by molar-refractivity contribution is 7.91. The summed E-state index contributed by atoms with van der Waals surface area (Å²) < 4.78 is 27.0. The van der Waals surface area contributed by atoms with Gasteiger partial charge in [-0.25, -0.2) is 8.42 Å². The zero-order valence-electron chi connectivity index (χ0n) is 17.0. The molecule has 31 heavy (non-hydrogen) atoms. The van der Waals surface area contributed by atoms with E-state index in [1.165, 1.54) is 21.7 Å². The van der Waals surface area contributed by atoms with Crippen molar-refractivity contribution in [3.8, 4) is 0 Å². The molecule has 0 unspecified atom stereocenters. The van der Waals surface area contributed by atoms with E-state index in [2.05, 4.69) is 0 Å².